The molecule has 3 nitrogen and oxygen atoms in total. The molecule has 0 fully saturated rings. The number of halogens is 2. The van der Waals surface area contributed by atoms with Crippen LogP contribution in [-0.4, -0.2) is 5.11 Å². The van der Waals surface area contributed by atoms with Crippen molar-refractivity contribution in [1.82, 2.24) is 0 Å². The summed E-state index contributed by atoms with van der Waals surface area (Å²) in [6, 6.07) is 16.1. The second kappa shape index (κ2) is 5.65. The molecule has 0 atom stereocenters. The molecule has 0 spiro atoms. The van der Waals surface area contributed by atoms with Crippen LogP contribution >= 0.6 is 27.5 Å². The van der Waals surface area contributed by atoms with Gasteiger partial charge in [0.15, 0.2) is 5.76 Å². The lowest BCUT2D eigenvalue weighted by Crippen LogP contribution is -2.02. The summed E-state index contributed by atoms with van der Waals surface area (Å²) in [4.78, 5) is 12.5. The van der Waals surface area contributed by atoms with E-state index in [4.69, 9.17) is 16.0 Å². The van der Waals surface area contributed by atoms with Crippen LogP contribution in [0.4, 0.5) is 0 Å². The highest BCUT2D eigenvalue weighted by Gasteiger charge is 2.18. The van der Waals surface area contributed by atoms with Crippen molar-refractivity contribution < 1.29 is 9.52 Å². The van der Waals surface area contributed by atoms with Crippen molar-refractivity contribution in [2.45, 2.75) is 0 Å². The fraction of sp³-hybridized carbons (Fsp3) is 0. The molecule has 3 aromatic carbocycles. The van der Waals surface area contributed by atoms with Gasteiger partial charge in [-0.05, 0) is 35.7 Å². The molecule has 0 unspecified atom stereocenters. The summed E-state index contributed by atoms with van der Waals surface area (Å²) in [6.07, 6.45) is 0. The van der Waals surface area contributed by atoms with Gasteiger partial charge in [0.1, 0.15) is 5.58 Å². The van der Waals surface area contributed by atoms with Crippen LogP contribution in [0.5, 0.6) is 5.75 Å². The highest BCUT2D eigenvalue weighted by molar-refractivity contribution is 9.10. The van der Waals surface area contributed by atoms with Crippen LogP contribution in [0.3, 0.4) is 0 Å². The number of benzene rings is 3. The summed E-state index contributed by atoms with van der Waals surface area (Å²) < 4.78 is 6.59. The van der Waals surface area contributed by atoms with Gasteiger partial charge in [-0.3, -0.25) is 4.79 Å². The lowest BCUT2D eigenvalue weighted by molar-refractivity contribution is 0.449. The lowest BCUT2D eigenvalue weighted by atomic mass is 10.0. The Morgan fingerprint density at radius 2 is 1.71 bits per heavy atom. The molecule has 0 aliphatic carbocycles. The van der Waals surface area contributed by atoms with E-state index >= 15 is 0 Å². The van der Waals surface area contributed by atoms with E-state index in [1.807, 2.05) is 24.3 Å². The van der Waals surface area contributed by atoms with Gasteiger partial charge < -0.3 is 9.52 Å². The number of fused-ring (bicyclic) bond motifs is 2. The van der Waals surface area contributed by atoms with Gasteiger partial charge in [0.25, 0.3) is 0 Å². The van der Waals surface area contributed by atoms with E-state index in [0.717, 1.165) is 15.2 Å². The molecule has 118 valence electrons. The predicted molar refractivity (Wildman–Crippen MR) is 99.8 cm³/mol. The zero-order valence-electron chi connectivity index (χ0n) is 12.2. The van der Waals surface area contributed by atoms with Gasteiger partial charge in [-0.2, -0.15) is 0 Å². The summed E-state index contributed by atoms with van der Waals surface area (Å²) in [5.74, 6) is -0.268. The van der Waals surface area contributed by atoms with Gasteiger partial charge in [-0.1, -0.05) is 51.8 Å². The standard InChI is InChI=1S/C19H10BrClO3/c20-10-5-8-16-14(9-10)17(22)18(23)19(24-16)13-6-7-15(21)12-4-2-1-3-11(12)13/h1-9,23H. The maximum Gasteiger partial charge on any atom is 0.235 e. The minimum Gasteiger partial charge on any atom is -0.502 e. The summed E-state index contributed by atoms with van der Waals surface area (Å²) >= 11 is 9.56. The van der Waals surface area contributed by atoms with Crippen molar-refractivity contribution in [3.63, 3.8) is 0 Å². The van der Waals surface area contributed by atoms with E-state index in [2.05, 4.69) is 15.9 Å². The highest BCUT2D eigenvalue weighted by Crippen LogP contribution is 2.37. The van der Waals surface area contributed by atoms with E-state index < -0.39 is 11.2 Å². The predicted octanol–water partition coefficient (Wildman–Crippen LogP) is 5.73. The van der Waals surface area contributed by atoms with E-state index in [9.17, 15) is 9.90 Å². The maximum atomic E-state index is 12.5. The summed E-state index contributed by atoms with van der Waals surface area (Å²) in [5, 5.41) is 13.0. The zero-order chi connectivity index (χ0) is 16.8. The first-order chi connectivity index (χ1) is 11.6. The minimum absolute atomic E-state index is 0.141. The number of hydrogen-bond donors (Lipinski definition) is 1. The Morgan fingerprint density at radius 3 is 2.50 bits per heavy atom. The summed E-state index contributed by atoms with van der Waals surface area (Å²) in [5.41, 5.74) is 0.566. The van der Waals surface area contributed by atoms with Gasteiger partial charge in [0.2, 0.25) is 11.2 Å². The minimum atomic E-state index is -0.466. The van der Waals surface area contributed by atoms with E-state index in [0.29, 0.717) is 21.6 Å². The van der Waals surface area contributed by atoms with Gasteiger partial charge in [0, 0.05) is 20.4 Å². The number of rotatable bonds is 1. The van der Waals surface area contributed by atoms with Gasteiger partial charge >= 0.3 is 0 Å². The Balaban J connectivity index is 2.12. The zero-order valence-corrected chi connectivity index (χ0v) is 14.6. The van der Waals surface area contributed by atoms with Gasteiger partial charge in [-0.15, -0.1) is 0 Å². The second-order valence-electron chi connectivity index (χ2n) is 5.39. The topological polar surface area (TPSA) is 50.4 Å². The average Bonchev–Trinajstić information content (AvgIpc) is 2.60. The van der Waals surface area contributed by atoms with Crippen molar-refractivity contribution in [2.75, 3.05) is 0 Å². The third kappa shape index (κ3) is 2.30. The van der Waals surface area contributed by atoms with E-state index in [1.165, 1.54) is 0 Å². The lowest BCUT2D eigenvalue weighted by Gasteiger charge is -2.10. The van der Waals surface area contributed by atoms with Crippen LogP contribution in [0, 0.1) is 0 Å². The molecule has 24 heavy (non-hydrogen) atoms. The van der Waals surface area contributed by atoms with Gasteiger partial charge in [-0.25, -0.2) is 0 Å². The molecule has 0 aliphatic heterocycles. The number of aromatic hydroxyl groups is 1. The molecule has 0 aliphatic rings. The molecule has 1 heterocycles. The third-order valence-corrected chi connectivity index (χ3v) is 4.77. The summed E-state index contributed by atoms with van der Waals surface area (Å²) in [7, 11) is 0. The van der Waals surface area contributed by atoms with Crippen molar-refractivity contribution in [3.05, 3.63) is 74.3 Å². The molecule has 4 rings (SSSR count). The fourth-order valence-electron chi connectivity index (χ4n) is 2.80. The first-order valence-electron chi connectivity index (χ1n) is 7.19. The van der Waals surface area contributed by atoms with Crippen molar-refractivity contribution in [3.8, 4) is 17.1 Å². The van der Waals surface area contributed by atoms with Crippen LogP contribution in [0.1, 0.15) is 0 Å². The Kier molecular flexibility index (Phi) is 3.59. The molecule has 0 radical (unpaired) electrons. The molecule has 0 bridgehead atoms. The fourth-order valence-corrected chi connectivity index (χ4v) is 3.39. The SMILES string of the molecule is O=c1c(O)c(-c2ccc(Cl)c3ccccc23)oc2ccc(Br)cc12. The Hall–Kier alpha value is -2.30. The molecule has 1 N–H and O–H groups in total. The van der Waals surface area contributed by atoms with Crippen LogP contribution in [0.2, 0.25) is 5.02 Å². The Morgan fingerprint density at radius 1 is 0.958 bits per heavy atom. The van der Waals surface area contributed by atoms with Crippen molar-refractivity contribution in [1.29, 1.82) is 0 Å². The maximum absolute atomic E-state index is 12.5. The quantitative estimate of drug-likeness (QED) is 0.443. The largest absolute Gasteiger partial charge is 0.502 e. The molecular formula is C19H10BrClO3. The third-order valence-electron chi connectivity index (χ3n) is 3.94. The molecule has 0 saturated heterocycles. The van der Waals surface area contributed by atoms with Gasteiger partial charge in [0.05, 0.1) is 5.39 Å². The van der Waals surface area contributed by atoms with Crippen LogP contribution in [0.25, 0.3) is 33.1 Å². The smallest absolute Gasteiger partial charge is 0.235 e. The van der Waals surface area contributed by atoms with Crippen LogP contribution in [0.15, 0.2) is 68.3 Å². The van der Waals surface area contributed by atoms with Crippen LogP contribution < -0.4 is 5.43 Å². The molecule has 0 amide bonds. The molecule has 4 aromatic rings. The monoisotopic (exact) mass is 400 g/mol. The molecule has 1 aromatic heterocycles. The van der Waals surface area contributed by atoms with Crippen molar-refractivity contribution in [2.24, 2.45) is 0 Å². The average molecular weight is 402 g/mol. The first-order valence-corrected chi connectivity index (χ1v) is 8.36. The second-order valence-corrected chi connectivity index (χ2v) is 6.71. The molecule has 0 saturated carbocycles. The number of hydrogen-bond acceptors (Lipinski definition) is 3. The molecular weight excluding hydrogens is 392 g/mol. The normalized spacial score (nSPS) is 11.2. The first kappa shape index (κ1) is 15.2. The summed E-state index contributed by atoms with van der Waals surface area (Å²) in [6.45, 7) is 0. The Bertz CT molecular complexity index is 1160. The van der Waals surface area contributed by atoms with Crippen LogP contribution in [-0.2, 0) is 0 Å². The highest BCUT2D eigenvalue weighted by atomic mass is 79.9. The van der Waals surface area contributed by atoms with Crippen molar-refractivity contribution >= 4 is 49.3 Å². The molecule has 5 heteroatoms. The van der Waals surface area contributed by atoms with E-state index in [-0.39, 0.29) is 5.76 Å². The Labute approximate surface area is 150 Å². The van der Waals surface area contributed by atoms with E-state index in [1.54, 1.807) is 30.3 Å².